The molecule has 0 atom stereocenters. The maximum absolute atomic E-state index is 9.48. The van der Waals surface area contributed by atoms with Crippen molar-refractivity contribution in [1.29, 1.82) is 0 Å². The van der Waals surface area contributed by atoms with Gasteiger partial charge in [0.05, 0.1) is 25.2 Å². The van der Waals surface area contributed by atoms with Gasteiger partial charge < -0.3 is 14.9 Å². The lowest BCUT2D eigenvalue weighted by molar-refractivity contribution is 0.0248. The van der Waals surface area contributed by atoms with Gasteiger partial charge in [0.1, 0.15) is 0 Å². The Morgan fingerprint density at radius 2 is 1.88 bits per heavy atom. The molecule has 0 radical (unpaired) electrons. The predicted molar refractivity (Wildman–Crippen MR) is 63.8 cm³/mol. The lowest BCUT2D eigenvalue weighted by Gasteiger charge is -2.30. The van der Waals surface area contributed by atoms with E-state index in [0.717, 1.165) is 5.56 Å². The molecule has 1 aromatic rings. The Morgan fingerprint density at radius 1 is 1.25 bits per heavy atom. The molecule has 0 bridgehead atoms. The summed E-state index contributed by atoms with van der Waals surface area (Å²) in [4.78, 5) is 0. The van der Waals surface area contributed by atoms with Gasteiger partial charge in [-0.1, -0.05) is 29.8 Å². The molecule has 3 nitrogen and oxygen atoms in total. The first kappa shape index (κ1) is 13.5. The number of hydrogen-bond acceptors (Lipinski definition) is 3. The molecule has 16 heavy (non-hydrogen) atoms. The van der Waals surface area contributed by atoms with Gasteiger partial charge in [0.2, 0.25) is 0 Å². The zero-order valence-corrected chi connectivity index (χ0v) is 10.1. The predicted octanol–water partition coefficient (Wildman–Crippen LogP) is 1.60. The highest BCUT2D eigenvalue weighted by Crippen LogP contribution is 2.30. The Hall–Kier alpha value is -0.610. The lowest BCUT2D eigenvalue weighted by atomic mass is 9.82. The fourth-order valence-electron chi connectivity index (χ4n) is 1.58. The molecule has 0 saturated carbocycles. The molecule has 0 unspecified atom stereocenters. The zero-order valence-electron chi connectivity index (χ0n) is 9.32. The standard InChI is InChI=1S/C12H17ClO3/c1-2-16-9-12(7-14,8-15)10-5-3-4-6-11(10)13/h3-6,14-15H,2,7-9H2,1H3. The molecule has 0 fully saturated rings. The summed E-state index contributed by atoms with van der Waals surface area (Å²) < 4.78 is 5.31. The van der Waals surface area contributed by atoms with Crippen molar-refractivity contribution < 1.29 is 14.9 Å². The molecule has 0 heterocycles. The van der Waals surface area contributed by atoms with Gasteiger partial charge in [0.25, 0.3) is 0 Å². The number of hydrogen-bond donors (Lipinski definition) is 2. The SMILES string of the molecule is CCOCC(CO)(CO)c1ccccc1Cl. The maximum Gasteiger partial charge on any atom is 0.0662 e. The van der Waals surface area contributed by atoms with E-state index < -0.39 is 5.41 Å². The van der Waals surface area contributed by atoms with E-state index in [-0.39, 0.29) is 19.8 Å². The van der Waals surface area contributed by atoms with Crippen molar-refractivity contribution in [2.24, 2.45) is 0 Å². The van der Waals surface area contributed by atoms with Gasteiger partial charge in [0, 0.05) is 11.6 Å². The number of rotatable bonds is 6. The van der Waals surface area contributed by atoms with Crippen molar-refractivity contribution in [2.45, 2.75) is 12.3 Å². The van der Waals surface area contributed by atoms with E-state index in [0.29, 0.717) is 11.6 Å². The smallest absolute Gasteiger partial charge is 0.0662 e. The Morgan fingerprint density at radius 3 is 2.38 bits per heavy atom. The molecule has 0 saturated heterocycles. The number of halogens is 1. The minimum Gasteiger partial charge on any atom is -0.395 e. The summed E-state index contributed by atoms with van der Waals surface area (Å²) in [7, 11) is 0. The molecule has 0 spiro atoms. The van der Waals surface area contributed by atoms with Gasteiger partial charge in [-0.3, -0.25) is 0 Å². The van der Waals surface area contributed by atoms with Crippen LogP contribution in [0.5, 0.6) is 0 Å². The number of benzene rings is 1. The highest BCUT2D eigenvalue weighted by atomic mass is 35.5. The van der Waals surface area contributed by atoms with Crippen molar-refractivity contribution in [3.05, 3.63) is 34.9 Å². The Balaban J connectivity index is 3.05. The van der Waals surface area contributed by atoms with Crippen LogP contribution in [0.15, 0.2) is 24.3 Å². The van der Waals surface area contributed by atoms with E-state index in [2.05, 4.69) is 0 Å². The minimum atomic E-state index is -0.825. The van der Waals surface area contributed by atoms with Crippen LogP contribution in [0.2, 0.25) is 5.02 Å². The zero-order chi connectivity index (χ0) is 12.0. The topological polar surface area (TPSA) is 49.7 Å². The van der Waals surface area contributed by atoms with E-state index in [1.165, 1.54) is 0 Å². The van der Waals surface area contributed by atoms with Gasteiger partial charge in [-0.2, -0.15) is 0 Å². The van der Waals surface area contributed by atoms with Gasteiger partial charge in [-0.25, -0.2) is 0 Å². The summed E-state index contributed by atoms with van der Waals surface area (Å²) in [6.07, 6.45) is 0. The second kappa shape index (κ2) is 6.21. The van der Waals surface area contributed by atoms with Crippen LogP contribution in [0.3, 0.4) is 0 Å². The first-order valence-corrected chi connectivity index (χ1v) is 5.62. The third-order valence-electron chi connectivity index (χ3n) is 2.63. The number of aliphatic hydroxyl groups is 2. The molecular weight excluding hydrogens is 228 g/mol. The quantitative estimate of drug-likeness (QED) is 0.799. The van der Waals surface area contributed by atoms with Crippen LogP contribution in [0, 0.1) is 0 Å². The van der Waals surface area contributed by atoms with Crippen LogP contribution < -0.4 is 0 Å². The minimum absolute atomic E-state index is 0.201. The van der Waals surface area contributed by atoms with E-state index in [4.69, 9.17) is 16.3 Å². The van der Waals surface area contributed by atoms with Crippen LogP contribution in [0.1, 0.15) is 12.5 Å². The van der Waals surface area contributed by atoms with Crippen molar-refractivity contribution in [3.63, 3.8) is 0 Å². The van der Waals surface area contributed by atoms with Crippen LogP contribution in [0.25, 0.3) is 0 Å². The van der Waals surface area contributed by atoms with Gasteiger partial charge >= 0.3 is 0 Å². The molecule has 1 rings (SSSR count). The van der Waals surface area contributed by atoms with Crippen LogP contribution >= 0.6 is 11.6 Å². The fourth-order valence-corrected chi connectivity index (χ4v) is 1.91. The highest BCUT2D eigenvalue weighted by Gasteiger charge is 2.33. The van der Waals surface area contributed by atoms with Crippen molar-refractivity contribution in [1.82, 2.24) is 0 Å². The lowest BCUT2D eigenvalue weighted by Crippen LogP contribution is -2.40. The van der Waals surface area contributed by atoms with Crippen molar-refractivity contribution in [3.8, 4) is 0 Å². The molecule has 1 aromatic carbocycles. The van der Waals surface area contributed by atoms with Crippen LogP contribution in [0.4, 0.5) is 0 Å². The molecule has 0 aromatic heterocycles. The Bertz CT molecular complexity index is 324. The first-order chi connectivity index (χ1) is 7.70. The van der Waals surface area contributed by atoms with Crippen LogP contribution in [-0.2, 0) is 10.2 Å². The molecule has 2 N–H and O–H groups in total. The summed E-state index contributed by atoms with van der Waals surface area (Å²) >= 11 is 6.07. The molecule has 4 heteroatoms. The summed E-state index contributed by atoms with van der Waals surface area (Å²) in [5, 5.41) is 19.5. The molecule has 0 aliphatic rings. The molecule has 90 valence electrons. The third-order valence-corrected chi connectivity index (χ3v) is 2.96. The maximum atomic E-state index is 9.48. The van der Waals surface area contributed by atoms with Gasteiger partial charge in [-0.05, 0) is 18.6 Å². The largest absolute Gasteiger partial charge is 0.395 e. The average molecular weight is 245 g/mol. The van der Waals surface area contributed by atoms with Crippen molar-refractivity contribution >= 4 is 11.6 Å². The highest BCUT2D eigenvalue weighted by molar-refractivity contribution is 6.31. The van der Waals surface area contributed by atoms with E-state index >= 15 is 0 Å². The molecule has 0 aliphatic heterocycles. The second-order valence-electron chi connectivity index (χ2n) is 3.71. The Kier molecular flexibility index (Phi) is 5.22. The van der Waals surface area contributed by atoms with Gasteiger partial charge in [-0.15, -0.1) is 0 Å². The normalized spacial score (nSPS) is 11.8. The number of ether oxygens (including phenoxy) is 1. The monoisotopic (exact) mass is 244 g/mol. The number of aliphatic hydroxyl groups excluding tert-OH is 2. The average Bonchev–Trinajstić information content (AvgIpc) is 2.33. The fraction of sp³-hybridized carbons (Fsp3) is 0.500. The van der Waals surface area contributed by atoms with E-state index in [1.54, 1.807) is 12.1 Å². The summed E-state index contributed by atoms with van der Waals surface area (Å²) in [6.45, 7) is 2.25. The molecule has 0 amide bonds. The summed E-state index contributed by atoms with van der Waals surface area (Å²) in [5.41, 5.74) is -0.107. The summed E-state index contributed by atoms with van der Waals surface area (Å²) in [5.74, 6) is 0. The second-order valence-corrected chi connectivity index (χ2v) is 4.12. The Labute approximate surface area is 101 Å². The summed E-state index contributed by atoms with van der Waals surface area (Å²) in [6, 6.07) is 7.18. The van der Waals surface area contributed by atoms with Crippen molar-refractivity contribution in [2.75, 3.05) is 26.4 Å². The van der Waals surface area contributed by atoms with E-state index in [9.17, 15) is 10.2 Å². The molecule has 0 aliphatic carbocycles. The van der Waals surface area contributed by atoms with Gasteiger partial charge in [0.15, 0.2) is 0 Å². The molecular formula is C12H17ClO3. The third kappa shape index (κ3) is 2.74. The van der Waals surface area contributed by atoms with E-state index in [1.807, 2.05) is 19.1 Å². The van der Waals surface area contributed by atoms with Crippen LogP contribution in [-0.4, -0.2) is 36.6 Å². The first-order valence-electron chi connectivity index (χ1n) is 5.24.